The van der Waals surface area contributed by atoms with Gasteiger partial charge in [-0.15, -0.1) is 0 Å². The molecule has 0 saturated heterocycles. The smallest absolute Gasteiger partial charge is 0.322 e. The number of ether oxygens (including phenoxy) is 5. The van der Waals surface area contributed by atoms with Crippen LogP contribution in [0.5, 0.6) is 17.5 Å². The van der Waals surface area contributed by atoms with Crippen LogP contribution in [-0.4, -0.2) is 75.8 Å². The minimum Gasteiger partial charge on any atom is -0.497 e. The summed E-state index contributed by atoms with van der Waals surface area (Å²) in [4.78, 5) is 12.8. The Kier molecular flexibility index (Phi) is 10.4. The lowest BCUT2D eigenvalue weighted by atomic mass is 10.2. The van der Waals surface area contributed by atoms with Gasteiger partial charge in [-0.2, -0.15) is 15.0 Å². The number of aromatic nitrogens is 3. The molecule has 0 bridgehead atoms. The topological polar surface area (TPSA) is 135 Å². The van der Waals surface area contributed by atoms with Gasteiger partial charge in [0.1, 0.15) is 11.5 Å². The molecule has 0 unspecified atom stereocenters. The molecule has 0 saturated carbocycles. The third kappa shape index (κ3) is 8.23. The molecule has 0 spiro atoms. The zero-order chi connectivity index (χ0) is 21.6. The second kappa shape index (κ2) is 13.4. The molecule has 2 aromatic rings. The molecule has 166 valence electrons. The molecular formula is C19H30N6O5. The molecule has 4 N–H and O–H groups in total. The molecule has 0 amide bonds. The fraction of sp³-hybridized carbons (Fsp3) is 0.526. The maximum absolute atomic E-state index is 5.47. The van der Waals surface area contributed by atoms with Crippen molar-refractivity contribution >= 4 is 11.9 Å². The highest BCUT2D eigenvalue weighted by atomic mass is 16.5. The van der Waals surface area contributed by atoms with Crippen molar-refractivity contribution in [1.82, 2.24) is 15.0 Å². The summed E-state index contributed by atoms with van der Waals surface area (Å²) < 4.78 is 26.5. The average Bonchev–Trinajstić information content (AvgIpc) is 2.79. The molecule has 1 heterocycles. The second-order valence-electron chi connectivity index (χ2n) is 5.98. The minimum absolute atomic E-state index is 0.203. The summed E-state index contributed by atoms with van der Waals surface area (Å²) in [6, 6.07) is 5.82. The Morgan fingerprint density at radius 2 is 1.40 bits per heavy atom. The Morgan fingerprint density at radius 1 is 0.767 bits per heavy atom. The van der Waals surface area contributed by atoms with Crippen molar-refractivity contribution in [2.75, 3.05) is 71.5 Å². The van der Waals surface area contributed by atoms with Crippen LogP contribution in [0.1, 0.15) is 5.56 Å². The summed E-state index contributed by atoms with van der Waals surface area (Å²) in [5.41, 5.74) is 6.30. The summed E-state index contributed by atoms with van der Waals surface area (Å²) in [5, 5.41) is 6.25. The summed E-state index contributed by atoms with van der Waals surface area (Å²) in [5.74, 6) is 2.17. The van der Waals surface area contributed by atoms with Crippen LogP contribution in [0.25, 0.3) is 0 Å². The Labute approximate surface area is 176 Å². The minimum atomic E-state index is 0.203. The van der Waals surface area contributed by atoms with Gasteiger partial charge >= 0.3 is 6.01 Å². The van der Waals surface area contributed by atoms with E-state index in [0.717, 1.165) is 5.56 Å². The maximum Gasteiger partial charge on any atom is 0.322 e. The molecule has 11 heteroatoms. The number of nitrogens with one attached hydrogen (secondary N) is 2. The Balaban J connectivity index is 1.88. The second-order valence-corrected chi connectivity index (χ2v) is 5.98. The van der Waals surface area contributed by atoms with Crippen LogP contribution in [0.2, 0.25) is 0 Å². The van der Waals surface area contributed by atoms with E-state index in [2.05, 4.69) is 25.6 Å². The Hall–Kier alpha value is -2.89. The van der Waals surface area contributed by atoms with Crippen LogP contribution >= 0.6 is 0 Å². The summed E-state index contributed by atoms with van der Waals surface area (Å²) in [7, 11) is 4.72. The van der Waals surface area contributed by atoms with E-state index in [1.54, 1.807) is 14.2 Å². The van der Waals surface area contributed by atoms with E-state index < -0.39 is 0 Å². The highest BCUT2D eigenvalue weighted by Crippen LogP contribution is 2.23. The molecule has 30 heavy (non-hydrogen) atoms. The molecule has 0 radical (unpaired) electrons. The number of hydrogen-bond donors (Lipinski definition) is 3. The van der Waals surface area contributed by atoms with E-state index in [4.69, 9.17) is 29.4 Å². The van der Waals surface area contributed by atoms with Gasteiger partial charge in [0, 0.05) is 25.7 Å². The van der Waals surface area contributed by atoms with E-state index in [9.17, 15) is 0 Å². The fourth-order valence-corrected chi connectivity index (χ4v) is 2.40. The Morgan fingerprint density at radius 3 is 2.00 bits per heavy atom. The van der Waals surface area contributed by atoms with Crippen molar-refractivity contribution in [3.8, 4) is 17.5 Å². The quantitative estimate of drug-likeness (QED) is 0.353. The highest BCUT2D eigenvalue weighted by molar-refractivity contribution is 5.41. The van der Waals surface area contributed by atoms with Crippen molar-refractivity contribution in [1.29, 1.82) is 0 Å². The van der Waals surface area contributed by atoms with Gasteiger partial charge in [0.25, 0.3) is 0 Å². The predicted molar refractivity (Wildman–Crippen MR) is 112 cm³/mol. The van der Waals surface area contributed by atoms with Crippen LogP contribution < -0.4 is 30.6 Å². The maximum atomic E-state index is 5.47. The molecule has 0 aliphatic heterocycles. The molecule has 0 aliphatic rings. The first-order chi connectivity index (χ1) is 14.7. The molecule has 2 rings (SSSR count). The van der Waals surface area contributed by atoms with Gasteiger partial charge < -0.3 is 40.1 Å². The van der Waals surface area contributed by atoms with E-state index in [1.165, 1.54) is 7.11 Å². The predicted octanol–water partition coefficient (Wildman–Crippen LogP) is 0.913. The monoisotopic (exact) mass is 422 g/mol. The van der Waals surface area contributed by atoms with Gasteiger partial charge in [-0.1, -0.05) is 0 Å². The number of anilines is 2. The van der Waals surface area contributed by atoms with Crippen molar-refractivity contribution in [2.45, 2.75) is 6.54 Å². The van der Waals surface area contributed by atoms with Crippen molar-refractivity contribution in [3.05, 3.63) is 23.8 Å². The van der Waals surface area contributed by atoms with Crippen molar-refractivity contribution in [2.24, 2.45) is 5.73 Å². The summed E-state index contributed by atoms with van der Waals surface area (Å²) in [6.45, 7) is 3.52. The normalized spacial score (nSPS) is 10.5. The number of hydrogen-bond acceptors (Lipinski definition) is 11. The number of nitrogens with zero attached hydrogens (tertiary/aromatic N) is 3. The van der Waals surface area contributed by atoms with Crippen molar-refractivity contribution in [3.63, 3.8) is 0 Å². The SMILES string of the molecule is COc1cc(CNc2nc(NCCOCCOCCN)nc(OC)n2)cc(OC)c1. The number of rotatable bonds is 15. The lowest BCUT2D eigenvalue weighted by molar-refractivity contribution is 0.0547. The van der Waals surface area contributed by atoms with E-state index in [1.807, 2.05) is 18.2 Å². The lowest BCUT2D eigenvalue weighted by Gasteiger charge is -2.11. The standard InChI is InChI=1S/C19H30N6O5/c1-26-15-10-14(11-16(12-15)27-2)13-22-18-23-17(24-19(25-18)28-3)21-5-7-30-9-8-29-6-4-20/h10-12H,4-9,13,20H2,1-3H3,(H2,21,22,23,24,25). The van der Waals surface area contributed by atoms with Crippen molar-refractivity contribution < 1.29 is 23.7 Å². The van der Waals surface area contributed by atoms with Gasteiger partial charge in [0.2, 0.25) is 11.9 Å². The van der Waals surface area contributed by atoms with Gasteiger partial charge in [-0.25, -0.2) is 0 Å². The Bertz CT molecular complexity index is 742. The number of methoxy groups -OCH3 is 3. The largest absolute Gasteiger partial charge is 0.497 e. The third-order valence-electron chi connectivity index (χ3n) is 3.82. The molecule has 11 nitrogen and oxygen atoms in total. The first-order valence-electron chi connectivity index (χ1n) is 9.53. The zero-order valence-electron chi connectivity index (χ0n) is 17.6. The van der Waals surface area contributed by atoms with Crippen LogP contribution in [-0.2, 0) is 16.0 Å². The molecular weight excluding hydrogens is 392 g/mol. The first kappa shape index (κ1) is 23.4. The van der Waals surface area contributed by atoms with Crippen LogP contribution in [0.15, 0.2) is 18.2 Å². The molecule has 1 aromatic heterocycles. The zero-order valence-corrected chi connectivity index (χ0v) is 17.6. The summed E-state index contributed by atoms with van der Waals surface area (Å²) in [6.07, 6.45) is 0. The van der Waals surface area contributed by atoms with Gasteiger partial charge in [-0.3, -0.25) is 0 Å². The summed E-state index contributed by atoms with van der Waals surface area (Å²) >= 11 is 0. The first-order valence-corrected chi connectivity index (χ1v) is 9.53. The van der Waals surface area contributed by atoms with E-state index >= 15 is 0 Å². The van der Waals surface area contributed by atoms with Gasteiger partial charge in [0.05, 0.1) is 47.8 Å². The lowest BCUT2D eigenvalue weighted by Crippen LogP contribution is -2.16. The van der Waals surface area contributed by atoms with Crippen LogP contribution in [0, 0.1) is 0 Å². The van der Waals surface area contributed by atoms with Gasteiger partial charge in [0.15, 0.2) is 0 Å². The average molecular weight is 422 g/mol. The van der Waals surface area contributed by atoms with Crippen LogP contribution in [0.4, 0.5) is 11.9 Å². The molecule has 0 atom stereocenters. The highest BCUT2D eigenvalue weighted by Gasteiger charge is 2.08. The molecule has 0 fully saturated rings. The molecule has 0 aliphatic carbocycles. The van der Waals surface area contributed by atoms with E-state index in [-0.39, 0.29) is 6.01 Å². The number of benzene rings is 1. The number of nitrogens with two attached hydrogens (primary N) is 1. The fourth-order valence-electron chi connectivity index (χ4n) is 2.40. The van der Waals surface area contributed by atoms with E-state index in [0.29, 0.717) is 69.5 Å². The third-order valence-corrected chi connectivity index (χ3v) is 3.82. The molecule has 1 aromatic carbocycles. The van der Waals surface area contributed by atoms with Gasteiger partial charge in [-0.05, 0) is 17.7 Å². The van der Waals surface area contributed by atoms with Crippen LogP contribution in [0.3, 0.4) is 0 Å².